The van der Waals surface area contributed by atoms with E-state index >= 15 is 0 Å². The predicted octanol–water partition coefficient (Wildman–Crippen LogP) is 2.51. The molecule has 0 amide bonds. The van der Waals surface area contributed by atoms with Crippen molar-refractivity contribution >= 4 is 17.2 Å². The van der Waals surface area contributed by atoms with Gasteiger partial charge in [0, 0.05) is 5.92 Å². The Morgan fingerprint density at radius 3 is 2.77 bits per heavy atom. The topological polar surface area (TPSA) is 30.2 Å². The van der Waals surface area contributed by atoms with Gasteiger partial charge in [0.1, 0.15) is 11.0 Å². The molecule has 68 valence electrons. The van der Waals surface area contributed by atoms with Gasteiger partial charge in [-0.15, -0.1) is 10.2 Å². The lowest BCUT2D eigenvalue weighted by Crippen LogP contribution is -1.97. The molecule has 0 fully saturated rings. The van der Waals surface area contributed by atoms with Gasteiger partial charge in [-0.2, -0.15) is 0 Å². The quantitative estimate of drug-likeness (QED) is 0.655. The maximum atomic E-state index is 6.03. The summed E-state index contributed by atoms with van der Waals surface area (Å²) in [6, 6.07) is 5.60. The molecule has 13 heavy (non-hydrogen) atoms. The van der Waals surface area contributed by atoms with Crippen LogP contribution in [0.2, 0.25) is 5.15 Å². The number of fused-ring (bicyclic) bond motifs is 1. The maximum absolute atomic E-state index is 6.03. The molecule has 0 bridgehead atoms. The minimum absolute atomic E-state index is 0.329. The number of hydrogen-bond donors (Lipinski definition) is 0. The fraction of sp³-hybridized carbons (Fsp3) is 0.333. The third-order valence-corrected chi connectivity index (χ3v) is 2.22. The third-order valence-electron chi connectivity index (χ3n) is 1.92. The van der Waals surface area contributed by atoms with Gasteiger partial charge < -0.3 is 0 Å². The van der Waals surface area contributed by atoms with Crippen LogP contribution in [0.4, 0.5) is 0 Å². The van der Waals surface area contributed by atoms with Crippen molar-refractivity contribution in [2.75, 3.05) is 0 Å². The molecule has 2 rings (SSSR count). The van der Waals surface area contributed by atoms with E-state index in [1.54, 1.807) is 0 Å². The van der Waals surface area contributed by atoms with Crippen molar-refractivity contribution in [2.45, 2.75) is 19.8 Å². The zero-order valence-corrected chi connectivity index (χ0v) is 8.28. The average molecular weight is 196 g/mol. The molecule has 0 aliphatic heterocycles. The Balaban J connectivity index is 2.79. The van der Waals surface area contributed by atoms with Crippen molar-refractivity contribution in [3.05, 3.63) is 29.2 Å². The first-order valence-corrected chi connectivity index (χ1v) is 4.57. The molecule has 0 aromatic carbocycles. The Morgan fingerprint density at radius 1 is 1.31 bits per heavy atom. The van der Waals surface area contributed by atoms with E-state index in [1.807, 2.05) is 22.6 Å². The summed E-state index contributed by atoms with van der Waals surface area (Å²) in [5.41, 5.74) is 0.802. The van der Waals surface area contributed by atoms with Crippen molar-refractivity contribution in [1.82, 2.24) is 14.6 Å². The van der Waals surface area contributed by atoms with Gasteiger partial charge in [0.05, 0.1) is 0 Å². The molecule has 0 aliphatic carbocycles. The number of pyridine rings is 1. The van der Waals surface area contributed by atoms with Crippen LogP contribution >= 0.6 is 11.6 Å². The smallest absolute Gasteiger partial charge is 0.161 e. The number of aromatic nitrogens is 3. The van der Waals surface area contributed by atoms with Crippen molar-refractivity contribution in [1.29, 1.82) is 0 Å². The summed E-state index contributed by atoms with van der Waals surface area (Å²) in [5.74, 6) is 1.23. The number of nitrogens with zero attached hydrogens (tertiary/aromatic N) is 3. The molecule has 0 unspecified atom stereocenters. The van der Waals surface area contributed by atoms with E-state index in [9.17, 15) is 0 Å². The first-order chi connectivity index (χ1) is 6.20. The monoisotopic (exact) mass is 195 g/mol. The van der Waals surface area contributed by atoms with Crippen LogP contribution in [0, 0.1) is 0 Å². The van der Waals surface area contributed by atoms with Crippen LogP contribution in [0.15, 0.2) is 18.2 Å². The summed E-state index contributed by atoms with van der Waals surface area (Å²) in [4.78, 5) is 0. The summed E-state index contributed by atoms with van der Waals surface area (Å²) in [6.45, 7) is 4.14. The summed E-state index contributed by atoms with van der Waals surface area (Å²) < 4.78 is 1.87. The first-order valence-electron chi connectivity index (χ1n) is 4.19. The molecule has 0 aliphatic rings. The lowest BCUT2D eigenvalue weighted by Gasteiger charge is -2.03. The lowest BCUT2D eigenvalue weighted by atomic mass is 10.2. The summed E-state index contributed by atoms with van der Waals surface area (Å²) in [6.07, 6.45) is 0. The standard InChI is InChI=1S/C9H10ClN3/c1-6(2)9-12-11-8-5-3-4-7(10)13(8)9/h3-6H,1-2H3. The highest BCUT2D eigenvalue weighted by molar-refractivity contribution is 6.29. The molecule has 3 nitrogen and oxygen atoms in total. The fourth-order valence-electron chi connectivity index (χ4n) is 1.30. The third kappa shape index (κ3) is 1.29. The highest BCUT2D eigenvalue weighted by atomic mass is 35.5. The van der Waals surface area contributed by atoms with Gasteiger partial charge in [-0.3, -0.25) is 4.40 Å². The molecule has 2 aromatic heterocycles. The molecule has 0 spiro atoms. The van der Waals surface area contributed by atoms with Crippen molar-refractivity contribution in [2.24, 2.45) is 0 Å². The summed E-state index contributed by atoms with van der Waals surface area (Å²) in [7, 11) is 0. The van der Waals surface area contributed by atoms with E-state index in [0.29, 0.717) is 11.1 Å². The van der Waals surface area contributed by atoms with Crippen LogP contribution < -0.4 is 0 Å². The average Bonchev–Trinajstić information content (AvgIpc) is 2.49. The Labute approximate surface area is 81.4 Å². The van der Waals surface area contributed by atoms with Gasteiger partial charge in [-0.25, -0.2) is 0 Å². The molecular weight excluding hydrogens is 186 g/mol. The van der Waals surface area contributed by atoms with E-state index < -0.39 is 0 Å². The van der Waals surface area contributed by atoms with E-state index in [-0.39, 0.29) is 0 Å². The SMILES string of the molecule is CC(C)c1nnc2cccc(Cl)n12. The van der Waals surface area contributed by atoms with Crippen LogP contribution in [0.3, 0.4) is 0 Å². The minimum Gasteiger partial charge on any atom is -0.269 e. The molecule has 0 N–H and O–H groups in total. The normalized spacial score (nSPS) is 11.4. The van der Waals surface area contributed by atoms with Gasteiger partial charge in [0.15, 0.2) is 5.65 Å². The fourth-order valence-corrected chi connectivity index (χ4v) is 1.54. The number of hydrogen-bond acceptors (Lipinski definition) is 2. The van der Waals surface area contributed by atoms with Crippen molar-refractivity contribution in [3.63, 3.8) is 0 Å². The largest absolute Gasteiger partial charge is 0.269 e. The van der Waals surface area contributed by atoms with Gasteiger partial charge in [0.25, 0.3) is 0 Å². The predicted molar refractivity (Wildman–Crippen MR) is 52.1 cm³/mol. The second-order valence-corrected chi connectivity index (χ2v) is 3.64. The molecule has 2 heterocycles. The van der Waals surface area contributed by atoms with E-state index in [2.05, 4.69) is 24.0 Å². The molecule has 0 radical (unpaired) electrons. The highest BCUT2D eigenvalue weighted by Crippen LogP contribution is 2.18. The van der Waals surface area contributed by atoms with Gasteiger partial charge in [-0.1, -0.05) is 31.5 Å². The van der Waals surface area contributed by atoms with Gasteiger partial charge >= 0.3 is 0 Å². The van der Waals surface area contributed by atoms with E-state index in [0.717, 1.165) is 11.5 Å². The van der Waals surface area contributed by atoms with Gasteiger partial charge in [0.2, 0.25) is 0 Å². The zero-order valence-electron chi connectivity index (χ0n) is 7.53. The molecule has 0 saturated heterocycles. The van der Waals surface area contributed by atoms with Crippen molar-refractivity contribution in [3.8, 4) is 0 Å². The van der Waals surface area contributed by atoms with E-state index in [1.165, 1.54) is 0 Å². The Hall–Kier alpha value is -1.09. The Bertz CT molecular complexity index is 433. The summed E-state index contributed by atoms with van der Waals surface area (Å²) in [5, 5.41) is 8.77. The molecule has 2 aromatic rings. The number of halogens is 1. The molecule has 0 saturated carbocycles. The Morgan fingerprint density at radius 2 is 2.08 bits per heavy atom. The zero-order chi connectivity index (χ0) is 9.42. The van der Waals surface area contributed by atoms with Crippen LogP contribution in [0.5, 0.6) is 0 Å². The first kappa shape index (κ1) is 8.51. The maximum Gasteiger partial charge on any atom is 0.161 e. The second-order valence-electron chi connectivity index (χ2n) is 3.26. The number of rotatable bonds is 1. The molecular formula is C9H10ClN3. The highest BCUT2D eigenvalue weighted by Gasteiger charge is 2.10. The molecule has 4 heteroatoms. The summed E-state index contributed by atoms with van der Waals surface area (Å²) >= 11 is 6.03. The lowest BCUT2D eigenvalue weighted by molar-refractivity contribution is 0.759. The van der Waals surface area contributed by atoms with E-state index in [4.69, 9.17) is 11.6 Å². The van der Waals surface area contributed by atoms with Crippen LogP contribution in [0.1, 0.15) is 25.6 Å². The van der Waals surface area contributed by atoms with Crippen LogP contribution in [-0.2, 0) is 0 Å². The van der Waals surface area contributed by atoms with Crippen molar-refractivity contribution < 1.29 is 0 Å². The minimum atomic E-state index is 0.329. The van der Waals surface area contributed by atoms with Crippen LogP contribution in [-0.4, -0.2) is 14.6 Å². The Kier molecular flexibility index (Phi) is 1.96. The van der Waals surface area contributed by atoms with Crippen LogP contribution in [0.25, 0.3) is 5.65 Å². The van der Waals surface area contributed by atoms with Gasteiger partial charge in [-0.05, 0) is 12.1 Å². The second kappa shape index (κ2) is 3.00. The molecule has 0 atom stereocenters.